The number of rotatable bonds is 4. The molecule has 5 rings (SSSR count). The normalized spacial score (nSPS) is 23.2. The first kappa shape index (κ1) is 15.1. The molecule has 2 heterocycles. The van der Waals surface area contributed by atoms with Crippen molar-refractivity contribution in [1.29, 1.82) is 0 Å². The van der Waals surface area contributed by atoms with Gasteiger partial charge in [0.2, 0.25) is 0 Å². The van der Waals surface area contributed by atoms with E-state index in [0.29, 0.717) is 5.92 Å². The maximum atomic E-state index is 5.05. The van der Waals surface area contributed by atoms with Crippen molar-refractivity contribution >= 4 is 10.9 Å². The molecule has 0 N–H and O–H groups in total. The molecule has 2 heteroatoms. The standard InChI is InChI=1S/C23H24N2/c1-2-7-18(8-3-1)23-21(15-19-9-4-5-10-22(19)24-23)20-13-17(14-20)16-25-11-6-12-25/h1-5,7-10,15,17,20H,6,11-14,16H2. The Hall–Kier alpha value is -2.19. The fourth-order valence-corrected chi connectivity index (χ4v) is 4.34. The van der Waals surface area contributed by atoms with E-state index in [0.717, 1.165) is 11.4 Å². The lowest BCUT2D eigenvalue weighted by molar-refractivity contribution is 0.109. The summed E-state index contributed by atoms with van der Waals surface area (Å²) in [5, 5.41) is 1.27. The van der Waals surface area contributed by atoms with Crippen LogP contribution in [0, 0.1) is 5.92 Å². The van der Waals surface area contributed by atoms with Gasteiger partial charge in [0, 0.05) is 17.5 Å². The highest BCUT2D eigenvalue weighted by Crippen LogP contribution is 2.45. The second kappa shape index (κ2) is 6.27. The average molecular weight is 328 g/mol. The molecule has 25 heavy (non-hydrogen) atoms. The van der Waals surface area contributed by atoms with Gasteiger partial charge in [-0.3, -0.25) is 0 Å². The zero-order valence-corrected chi connectivity index (χ0v) is 14.6. The van der Waals surface area contributed by atoms with Crippen LogP contribution in [0.2, 0.25) is 0 Å². The van der Waals surface area contributed by atoms with Crippen LogP contribution in [0.4, 0.5) is 0 Å². The Morgan fingerprint density at radius 3 is 2.44 bits per heavy atom. The fourth-order valence-electron chi connectivity index (χ4n) is 4.34. The Balaban J connectivity index is 1.48. The number of pyridine rings is 1. The maximum Gasteiger partial charge on any atom is 0.0744 e. The summed E-state index contributed by atoms with van der Waals surface area (Å²) in [6.45, 7) is 3.93. The van der Waals surface area contributed by atoms with E-state index in [-0.39, 0.29) is 0 Å². The van der Waals surface area contributed by atoms with Gasteiger partial charge in [0.1, 0.15) is 0 Å². The van der Waals surface area contributed by atoms with Gasteiger partial charge in [-0.25, -0.2) is 4.98 Å². The molecule has 1 aliphatic carbocycles. The van der Waals surface area contributed by atoms with E-state index in [1.54, 1.807) is 0 Å². The monoisotopic (exact) mass is 328 g/mol. The van der Waals surface area contributed by atoms with Crippen LogP contribution >= 0.6 is 0 Å². The minimum Gasteiger partial charge on any atom is -0.303 e. The molecule has 0 unspecified atom stereocenters. The van der Waals surface area contributed by atoms with Gasteiger partial charge in [-0.05, 0) is 61.9 Å². The summed E-state index contributed by atoms with van der Waals surface area (Å²) in [6.07, 6.45) is 4.02. The van der Waals surface area contributed by atoms with E-state index in [1.165, 1.54) is 61.1 Å². The SMILES string of the molecule is c1ccc(-c2nc3ccccc3cc2C2CC(CN3CCC3)C2)cc1. The summed E-state index contributed by atoms with van der Waals surface area (Å²) >= 11 is 0. The highest BCUT2D eigenvalue weighted by molar-refractivity contribution is 5.83. The molecule has 0 radical (unpaired) electrons. The quantitative estimate of drug-likeness (QED) is 0.662. The number of hydrogen-bond donors (Lipinski definition) is 0. The lowest BCUT2D eigenvalue weighted by Gasteiger charge is -2.42. The van der Waals surface area contributed by atoms with Gasteiger partial charge in [0.05, 0.1) is 11.2 Å². The van der Waals surface area contributed by atoms with E-state index >= 15 is 0 Å². The third kappa shape index (κ3) is 2.85. The molecular formula is C23H24N2. The molecule has 1 aromatic heterocycles. The van der Waals surface area contributed by atoms with E-state index in [9.17, 15) is 0 Å². The molecule has 1 aliphatic heterocycles. The molecule has 0 amide bonds. The van der Waals surface area contributed by atoms with E-state index in [2.05, 4.69) is 65.6 Å². The summed E-state index contributed by atoms with van der Waals surface area (Å²) in [4.78, 5) is 7.66. The zero-order valence-electron chi connectivity index (χ0n) is 14.6. The lowest BCUT2D eigenvalue weighted by Crippen LogP contribution is -2.43. The van der Waals surface area contributed by atoms with Crippen molar-refractivity contribution in [2.75, 3.05) is 19.6 Å². The zero-order chi connectivity index (χ0) is 16.6. The van der Waals surface area contributed by atoms with Crippen molar-refractivity contribution in [3.63, 3.8) is 0 Å². The lowest BCUT2D eigenvalue weighted by atomic mass is 9.70. The fraction of sp³-hybridized carbons (Fsp3) is 0.348. The van der Waals surface area contributed by atoms with Crippen LogP contribution in [0.15, 0.2) is 60.7 Å². The second-order valence-corrected chi connectivity index (χ2v) is 7.67. The summed E-state index contributed by atoms with van der Waals surface area (Å²) in [7, 11) is 0. The Kier molecular flexibility index (Phi) is 3.79. The van der Waals surface area contributed by atoms with Gasteiger partial charge in [-0.15, -0.1) is 0 Å². The average Bonchev–Trinajstić information content (AvgIpc) is 2.59. The number of nitrogens with zero attached hydrogens (tertiary/aromatic N) is 2. The van der Waals surface area contributed by atoms with Crippen LogP contribution in [0.5, 0.6) is 0 Å². The largest absolute Gasteiger partial charge is 0.303 e. The van der Waals surface area contributed by atoms with E-state index in [1.807, 2.05) is 0 Å². The second-order valence-electron chi connectivity index (χ2n) is 7.67. The third-order valence-corrected chi connectivity index (χ3v) is 5.94. The molecular weight excluding hydrogens is 304 g/mol. The Labute approximate surface area is 149 Å². The summed E-state index contributed by atoms with van der Waals surface area (Å²) in [5.74, 6) is 1.54. The van der Waals surface area contributed by atoms with Gasteiger partial charge in [0.25, 0.3) is 0 Å². The maximum absolute atomic E-state index is 5.05. The van der Waals surface area contributed by atoms with Crippen LogP contribution in [-0.2, 0) is 0 Å². The van der Waals surface area contributed by atoms with Crippen LogP contribution in [-0.4, -0.2) is 29.5 Å². The third-order valence-electron chi connectivity index (χ3n) is 5.94. The van der Waals surface area contributed by atoms with Crippen LogP contribution in [0.1, 0.15) is 30.7 Å². The van der Waals surface area contributed by atoms with E-state index < -0.39 is 0 Å². The minimum atomic E-state index is 0.665. The molecule has 1 saturated carbocycles. The number of para-hydroxylation sites is 1. The number of benzene rings is 2. The Morgan fingerprint density at radius 2 is 1.68 bits per heavy atom. The van der Waals surface area contributed by atoms with Crippen molar-refractivity contribution in [3.8, 4) is 11.3 Å². The first-order chi connectivity index (χ1) is 12.4. The first-order valence-corrected chi connectivity index (χ1v) is 9.54. The Bertz CT molecular complexity index is 877. The van der Waals surface area contributed by atoms with Gasteiger partial charge in [0.15, 0.2) is 0 Å². The summed E-state index contributed by atoms with van der Waals surface area (Å²) < 4.78 is 0. The van der Waals surface area contributed by atoms with E-state index in [4.69, 9.17) is 4.98 Å². The van der Waals surface area contributed by atoms with Crippen LogP contribution in [0.3, 0.4) is 0 Å². The molecule has 2 nitrogen and oxygen atoms in total. The number of likely N-dealkylation sites (tertiary alicyclic amines) is 1. The summed E-state index contributed by atoms with van der Waals surface area (Å²) in [5.41, 5.74) is 4.98. The molecule has 0 bridgehead atoms. The first-order valence-electron chi connectivity index (χ1n) is 9.54. The smallest absolute Gasteiger partial charge is 0.0744 e. The topological polar surface area (TPSA) is 16.1 Å². The molecule has 0 atom stereocenters. The van der Waals surface area contributed by atoms with Crippen LogP contribution < -0.4 is 0 Å². The highest BCUT2D eigenvalue weighted by Gasteiger charge is 2.34. The molecule has 0 spiro atoms. The molecule has 2 aromatic carbocycles. The minimum absolute atomic E-state index is 0.665. The molecule has 2 fully saturated rings. The predicted molar refractivity (Wildman–Crippen MR) is 104 cm³/mol. The molecule has 1 saturated heterocycles. The van der Waals surface area contributed by atoms with Gasteiger partial charge in [-0.2, -0.15) is 0 Å². The number of aromatic nitrogens is 1. The van der Waals surface area contributed by atoms with Crippen molar-refractivity contribution in [1.82, 2.24) is 9.88 Å². The molecule has 126 valence electrons. The summed E-state index contributed by atoms with van der Waals surface area (Å²) in [6, 6.07) is 21.6. The van der Waals surface area contributed by atoms with Gasteiger partial charge in [-0.1, -0.05) is 48.5 Å². The van der Waals surface area contributed by atoms with Gasteiger partial charge >= 0.3 is 0 Å². The predicted octanol–water partition coefficient (Wildman–Crippen LogP) is 5.10. The van der Waals surface area contributed by atoms with Gasteiger partial charge < -0.3 is 4.90 Å². The number of hydrogen-bond acceptors (Lipinski definition) is 2. The van der Waals surface area contributed by atoms with Crippen molar-refractivity contribution in [2.24, 2.45) is 5.92 Å². The Morgan fingerprint density at radius 1 is 0.920 bits per heavy atom. The van der Waals surface area contributed by atoms with Crippen molar-refractivity contribution in [3.05, 3.63) is 66.2 Å². The number of fused-ring (bicyclic) bond motifs is 1. The van der Waals surface area contributed by atoms with Crippen molar-refractivity contribution < 1.29 is 0 Å². The molecule has 3 aromatic rings. The van der Waals surface area contributed by atoms with Crippen molar-refractivity contribution in [2.45, 2.75) is 25.2 Å². The van der Waals surface area contributed by atoms with Crippen LogP contribution in [0.25, 0.3) is 22.2 Å². The highest BCUT2D eigenvalue weighted by atomic mass is 15.2. The molecule has 2 aliphatic rings.